The lowest BCUT2D eigenvalue weighted by molar-refractivity contribution is 0.0740. The minimum atomic E-state index is -3.66. The van der Waals surface area contributed by atoms with Gasteiger partial charge in [-0.05, 0) is 44.4 Å². The minimum absolute atomic E-state index is 0.212. The fraction of sp³-hybridized carbons (Fsp3) is 0.522. The number of nitrogens with one attached hydrogen (secondary N) is 1. The second-order valence-electron chi connectivity index (χ2n) is 8.63. The summed E-state index contributed by atoms with van der Waals surface area (Å²) in [6, 6.07) is 6.63. The molecule has 2 saturated heterocycles. The summed E-state index contributed by atoms with van der Waals surface area (Å²) in [6.07, 6.45) is 3.80. The molecule has 2 fully saturated rings. The number of hydrogen-bond donors (Lipinski definition) is 1. The molecule has 1 N–H and O–H groups in total. The van der Waals surface area contributed by atoms with E-state index in [9.17, 15) is 17.6 Å². The predicted octanol–water partition coefficient (Wildman–Crippen LogP) is 3.30. The number of benzene rings is 1. The highest BCUT2D eigenvalue weighted by Crippen LogP contribution is 2.29. The van der Waals surface area contributed by atoms with Crippen molar-refractivity contribution in [3.05, 3.63) is 47.0 Å². The molecule has 0 aliphatic carbocycles. The number of halogens is 1. The highest BCUT2D eigenvalue weighted by atomic mass is 32.2. The summed E-state index contributed by atoms with van der Waals surface area (Å²) in [5.41, 5.74) is 1.85. The third kappa shape index (κ3) is 4.28. The van der Waals surface area contributed by atoms with Gasteiger partial charge in [-0.15, -0.1) is 0 Å². The Kier molecular flexibility index (Phi) is 6.57. The first-order valence-corrected chi connectivity index (χ1v) is 12.7. The normalized spacial score (nSPS) is 18.6. The first-order chi connectivity index (χ1) is 15.3. The molecule has 2 aliphatic rings. The van der Waals surface area contributed by atoms with Gasteiger partial charge in [0.2, 0.25) is 10.0 Å². The number of hydrogen-bond acceptors (Lipinski definition) is 4. The molecule has 0 radical (unpaired) electrons. The van der Waals surface area contributed by atoms with Crippen molar-refractivity contribution in [1.82, 2.24) is 14.2 Å². The first-order valence-electron chi connectivity index (χ1n) is 11.3. The van der Waals surface area contributed by atoms with Gasteiger partial charge in [0.25, 0.3) is 5.91 Å². The number of piperazine rings is 1. The minimum Gasteiger partial charge on any atom is -0.366 e. The summed E-state index contributed by atoms with van der Waals surface area (Å²) >= 11 is 0. The molecule has 7 nitrogen and oxygen atoms in total. The summed E-state index contributed by atoms with van der Waals surface area (Å²) in [5.74, 6) is -0.484. The molecule has 0 spiro atoms. The van der Waals surface area contributed by atoms with Crippen molar-refractivity contribution in [3.63, 3.8) is 0 Å². The summed E-state index contributed by atoms with van der Waals surface area (Å²) in [5, 5.41) is 0. The summed E-state index contributed by atoms with van der Waals surface area (Å²) in [7, 11) is -3.66. The Balaban J connectivity index is 1.51. The van der Waals surface area contributed by atoms with E-state index in [-0.39, 0.29) is 16.6 Å². The van der Waals surface area contributed by atoms with Gasteiger partial charge in [0.1, 0.15) is 16.4 Å². The molecule has 0 unspecified atom stereocenters. The van der Waals surface area contributed by atoms with Gasteiger partial charge in [-0.3, -0.25) is 4.79 Å². The Morgan fingerprint density at radius 1 is 0.938 bits per heavy atom. The molecule has 1 aromatic heterocycles. The number of H-pyrrole nitrogens is 1. The third-order valence-electron chi connectivity index (χ3n) is 6.51. The molecule has 174 valence electrons. The molecule has 4 rings (SSSR count). The molecule has 32 heavy (non-hydrogen) atoms. The number of aryl methyl sites for hydroxylation is 1. The van der Waals surface area contributed by atoms with E-state index >= 15 is 0 Å². The van der Waals surface area contributed by atoms with Crippen molar-refractivity contribution in [2.75, 3.05) is 44.2 Å². The van der Waals surface area contributed by atoms with E-state index < -0.39 is 10.0 Å². The average molecular weight is 463 g/mol. The number of carbonyl (C=O) groups is 1. The summed E-state index contributed by atoms with van der Waals surface area (Å²) in [4.78, 5) is 20.2. The van der Waals surface area contributed by atoms with Crippen molar-refractivity contribution in [3.8, 4) is 0 Å². The lowest BCUT2D eigenvalue weighted by Crippen LogP contribution is -2.49. The fourth-order valence-corrected chi connectivity index (χ4v) is 6.69. The second-order valence-corrected chi connectivity index (χ2v) is 10.5. The maximum Gasteiger partial charge on any atom is 0.270 e. The maximum absolute atomic E-state index is 14.1. The van der Waals surface area contributed by atoms with Gasteiger partial charge < -0.3 is 14.8 Å². The van der Waals surface area contributed by atoms with Crippen molar-refractivity contribution in [2.24, 2.45) is 0 Å². The Hall–Kier alpha value is -2.39. The van der Waals surface area contributed by atoms with Crippen LogP contribution in [0.15, 0.2) is 29.2 Å². The molecule has 0 atom stereocenters. The van der Waals surface area contributed by atoms with Crippen LogP contribution < -0.4 is 4.90 Å². The van der Waals surface area contributed by atoms with Crippen LogP contribution >= 0.6 is 0 Å². The SMILES string of the molecule is Cc1[nH]c(C(=O)N2CCN(c3ccccc3F)CC2)c(C)c1S(=O)(=O)N1CCCCCC1. The van der Waals surface area contributed by atoms with E-state index in [1.165, 1.54) is 6.07 Å². The van der Waals surface area contributed by atoms with Gasteiger partial charge in [-0.1, -0.05) is 25.0 Å². The number of carbonyl (C=O) groups excluding carboxylic acids is 1. The number of anilines is 1. The smallest absolute Gasteiger partial charge is 0.270 e. The van der Waals surface area contributed by atoms with Crippen LogP contribution in [-0.4, -0.2) is 67.8 Å². The van der Waals surface area contributed by atoms with Crippen LogP contribution in [0, 0.1) is 19.7 Å². The Morgan fingerprint density at radius 3 is 2.19 bits per heavy atom. The first kappa shape index (κ1) is 22.8. The number of aromatic amines is 1. The van der Waals surface area contributed by atoms with Gasteiger partial charge in [0, 0.05) is 45.0 Å². The van der Waals surface area contributed by atoms with Crippen LogP contribution in [0.4, 0.5) is 10.1 Å². The van der Waals surface area contributed by atoms with E-state index in [1.54, 1.807) is 41.3 Å². The van der Waals surface area contributed by atoms with Crippen LogP contribution in [0.5, 0.6) is 0 Å². The molecule has 1 aromatic carbocycles. The predicted molar refractivity (Wildman–Crippen MR) is 122 cm³/mol. The van der Waals surface area contributed by atoms with Crippen molar-refractivity contribution >= 4 is 21.6 Å². The topological polar surface area (TPSA) is 76.7 Å². The number of aromatic nitrogens is 1. The lowest BCUT2D eigenvalue weighted by Gasteiger charge is -2.36. The highest BCUT2D eigenvalue weighted by Gasteiger charge is 2.33. The zero-order chi connectivity index (χ0) is 22.9. The van der Waals surface area contributed by atoms with E-state index in [4.69, 9.17) is 0 Å². The van der Waals surface area contributed by atoms with Crippen molar-refractivity contribution in [2.45, 2.75) is 44.4 Å². The molecule has 0 bridgehead atoms. The maximum atomic E-state index is 14.1. The molecule has 2 aliphatic heterocycles. The highest BCUT2D eigenvalue weighted by molar-refractivity contribution is 7.89. The van der Waals surface area contributed by atoms with Gasteiger partial charge in [0.15, 0.2) is 0 Å². The van der Waals surface area contributed by atoms with E-state index in [2.05, 4.69) is 4.98 Å². The standard InChI is InChI=1S/C23H31FN4O3S/c1-17-21(25-18(2)22(17)32(30,31)28-11-7-3-4-8-12-28)23(29)27-15-13-26(14-16-27)20-10-6-5-9-19(20)24/h5-6,9-10,25H,3-4,7-8,11-16H2,1-2H3. The molecule has 2 aromatic rings. The van der Waals surface area contributed by atoms with Gasteiger partial charge in [-0.25, -0.2) is 12.8 Å². The second kappa shape index (κ2) is 9.23. The number of sulfonamides is 1. The van der Waals surface area contributed by atoms with E-state index in [0.717, 1.165) is 25.7 Å². The van der Waals surface area contributed by atoms with Crippen LogP contribution in [0.25, 0.3) is 0 Å². The monoisotopic (exact) mass is 462 g/mol. The van der Waals surface area contributed by atoms with E-state index in [1.807, 2.05) is 4.90 Å². The quantitative estimate of drug-likeness (QED) is 0.757. The molecular formula is C23H31FN4O3S. The average Bonchev–Trinajstić information content (AvgIpc) is 2.95. The Bertz CT molecular complexity index is 1080. The van der Waals surface area contributed by atoms with Crippen LogP contribution in [-0.2, 0) is 10.0 Å². The molecule has 9 heteroatoms. The van der Waals surface area contributed by atoms with Gasteiger partial charge in [0.05, 0.1) is 5.69 Å². The molecule has 1 amide bonds. The number of rotatable bonds is 4. The molecule has 3 heterocycles. The van der Waals surface area contributed by atoms with Crippen molar-refractivity contribution < 1.29 is 17.6 Å². The molecule has 0 saturated carbocycles. The number of amides is 1. The Labute approximate surface area is 189 Å². The Morgan fingerprint density at radius 2 is 1.56 bits per heavy atom. The number of para-hydroxylation sites is 1. The number of nitrogens with zero attached hydrogens (tertiary/aromatic N) is 3. The molecular weight excluding hydrogens is 431 g/mol. The lowest BCUT2D eigenvalue weighted by atomic mass is 10.2. The van der Waals surface area contributed by atoms with Gasteiger partial charge in [-0.2, -0.15) is 4.31 Å². The zero-order valence-corrected chi connectivity index (χ0v) is 19.5. The van der Waals surface area contributed by atoms with Crippen LogP contribution in [0.1, 0.15) is 47.4 Å². The van der Waals surface area contributed by atoms with Gasteiger partial charge >= 0.3 is 0 Å². The summed E-state index contributed by atoms with van der Waals surface area (Å²) in [6.45, 7) is 6.38. The van der Waals surface area contributed by atoms with Crippen LogP contribution in [0.3, 0.4) is 0 Å². The third-order valence-corrected chi connectivity index (χ3v) is 8.68. The largest absolute Gasteiger partial charge is 0.366 e. The van der Waals surface area contributed by atoms with Crippen LogP contribution in [0.2, 0.25) is 0 Å². The summed E-state index contributed by atoms with van der Waals surface area (Å²) < 4.78 is 42.4. The zero-order valence-electron chi connectivity index (χ0n) is 18.7. The van der Waals surface area contributed by atoms with Crippen molar-refractivity contribution in [1.29, 1.82) is 0 Å². The fourth-order valence-electron chi connectivity index (χ4n) is 4.76. The van der Waals surface area contributed by atoms with E-state index in [0.29, 0.717) is 61.9 Å².